The fourth-order valence-electron chi connectivity index (χ4n) is 2.72. The van der Waals surface area contributed by atoms with Crippen LogP contribution in [-0.4, -0.2) is 32.6 Å². The first kappa shape index (κ1) is 6.17. The monoisotopic (exact) mass is 154 g/mol. The zero-order chi connectivity index (χ0) is 8.02. The summed E-state index contributed by atoms with van der Waals surface area (Å²) < 4.78 is 0. The number of aliphatic hydroxyl groups is 3. The Balaban J connectivity index is 2.13. The van der Waals surface area contributed by atoms with Crippen LogP contribution in [0.1, 0.15) is 6.42 Å². The molecule has 11 heavy (non-hydrogen) atoms. The molecule has 3 nitrogen and oxygen atoms in total. The molecule has 0 bridgehead atoms. The molecule has 0 saturated heterocycles. The zero-order valence-electron chi connectivity index (χ0n) is 5.99. The number of aliphatic hydroxyl groups excluding tert-OH is 1. The molecule has 60 valence electrons. The van der Waals surface area contributed by atoms with Crippen LogP contribution in [0.25, 0.3) is 0 Å². The summed E-state index contributed by atoms with van der Waals surface area (Å²) in [5.41, 5.74) is -1.41. The molecular weight excluding hydrogens is 144 g/mol. The largest absolute Gasteiger partial charge is 0.389 e. The molecule has 3 aliphatic carbocycles. The molecule has 3 fully saturated rings. The second-order valence-electron chi connectivity index (χ2n) is 4.00. The third kappa shape index (κ3) is 0.356. The Morgan fingerprint density at radius 3 is 2.45 bits per heavy atom. The van der Waals surface area contributed by atoms with E-state index in [0.29, 0.717) is 6.42 Å². The summed E-state index contributed by atoms with van der Waals surface area (Å²) in [5, 5.41) is 28.7. The van der Waals surface area contributed by atoms with Crippen molar-refractivity contribution >= 4 is 0 Å². The predicted octanol–water partition coefficient (Wildman–Crippen LogP) is -0.971. The number of hydrogen-bond acceptors (Lipinski definition) is 3. The van der Waals surface area contributed by atoms with E-state index in [-0.39, 0.29) is 11.8 Å². The minimum atomic E-state index is -1.23. The quantitative estimate of drug-likeness (QED) is 0.393. The van der Waals surface area contributed by atoms with Crippen molar-refractivity contribution in [3.05, 3.63) is 12.2 Å². The lowest BCUT2D eigenvalue weighted by Gasteiger charge is -2.13. The van der Waals surface area contributed by atoms with Gasteiger partial charge in [-0.2, -0.15) is 0 Å². The van der Waals surface area contributed by atoms with Crippen molar-refractivity contribution in [2.75, 3.05) is 0 Å². The van der Waals surface area contributed by atoms with Gasteiger partial charge in [0.1, 0.15) is 11.2 Å². The first-order valence-electron chi connectivity index (χ1n) is 3.85. The maximum Gasteiger partial charge on any atom is 0.129 e. The Labute approximate surface area is 64.0 Å². The molecule has 3 rings (SSSR count). The van der Waals surface area contributed by atoms with Gasteiger partial charge in [0, 0.05) is 11.8 Å². The van der Waals surface area contributed by atoms with Gasteiger partial charge in [0.2, 0.25) is 0 Å². The van der Waals surface area contributed by atoms with E-state index in [1.165, 1.54) is 0 Å². The molecule has 0 aromatic rings. The fourth-order valence-corrected chi connectivity index (χ4v) is 2.72. The molecule has 3 heteroatoms. The van der Waals surface area contributed by atoms with Gasteiger partial charge in [-0.3, -0.25) is 0 Å². The van der Waals surface area contributed by atoms with Gasteiger partial charge >= 0.3 is 0 Å². The lowest BCUT2D eigenvalue weighted by atomic mass is 10.1. The van der Waals surface area contributed by atoms with Crippen LogP contribution < -0.4 is 0 Å². The van der Waals surface area contributed by atoms with Gasteiger partial charge in [-0.1, -0.05) is 12.2 Å². The maximum absolute atomic E-state index is 9.72. The van der Waals surface area contributed by atoms with Crippen molar-refractivity contribution in [2.24, 2.45) is 11.8 Å². The molecule has 3 N–H and O–H groups in total. The summed E-state index contributed by atoms with van der Waals surface area (Å²) in [6, 6.07) is 0. The van der Waals surface area contributed by atoms with Gasteiger partial charge in [-0.15, -0.1) is 0 Å². The van der Waals surface area contributed by atoms with E-state index in [2.05, 4.69) is 6.58 Å². The minimum absolute atomic E-state index is 0.0564. The van der Waals surface area contributed by atoms with Crippen LogP contribution in [0.2, 0.25) is 0 Å². The van der Waals surface area contributed by atoms with Crippen LogP contribution >= 0.6 is 0 Å². The molecule has 0 amide bonds. The van der Waals surface area contributed by atoms with Crippen molar-refractivity contribution < 1.29 is 15.3 Å². The number of fused-ring (bicyclic) bond motifs is 3. The van der Waals surface area contributed by atoms with Gasteiger partial charge in [-0.05, 0) is 6.42 Å². The molecule has 0 aromatic carbocycles. The number of rotatable bonds is 0. The highest BCUT2D eigenvalue weighted by Crippen LogP contribution is 2.76. The smallest absolute Gasteiger partial charge is 0.129 e. The molecular formula is C8H10O3. The van der Waals surface area contributed by atoms with E-state index in [4.69, 9.17) is 0 Å². The Morgan fingerprint density at radius 2 is 2.09 bits per heavy atom. The third-order valence-electron chi connectivity index (χ3n) is 3.60. The van der Waals surface area contributed by atoms with Crippen molar-refractivity contribution in [3.63, 3.8) is 0 Å². The average molecular weight is 154 g/mol. The lowest BCUT2D eigenvalue weighted by molar-refractivity contribution is -0.0480. The Morgan fingerprint density at radius 1 is 1.45 bits per heavy atom. The number of hydrogen-bond donors (Lipinski definition) is 3. The van der Waals surface area contributed by atoms with Crippen LogP contribution in [0, 0.1) is 11.8 Å². The summed E-state index contributed by atoms with van der Waals surface area (Å²) >= 11 is 0. The van der Waals surface area contributed by atoms with Crippen LogP contribution in [0.3, 0.4) is 0 Å². The van der Waals surface area contributed by atoms with Gasteiger partial charge in [-0.25, -0.2) is 0 Å². The average Bonchev–Trinajstić information content (AvgIpc) is 2.72. The van der Waals surface area contributed by atoms with Gasteiger partial charge in [0.25, 0.3) is 0 Å². The second-order valence-corrected chi connectivity index (χ2v) is 4.00. The van der Waals surface area contributed by atoms with Crippen LogP contribution in [0.5, 0.6) is 0 Å². The second kappa shape index (κ2) is 1.18. The first-order chi connectivity index (χ1) is 5.03. The molecule has 0 aromatic heterocycles. The lowest BCUT2D eigenvalue weighted by Crippen LogP contribution is -2.34. The molecule has 0 heterocycles. The topological polar surface area (TPSA) is 60.7 Å². The molecule has 0 radical (unpaired) electrons. The van der Waals surface area contributed by atoms with Crippen LogP contribution in [-0.2, 0) is 0 Å². The van der Waals surface area contributed by atoms with E-state index in [0.717, 1.165) is 5.57 Å². The van der Waals surface area contributed by atoms with E-state index < -0.39 is 17.3 Å². The van der Waals surface area contributed by atoms with Gasteiger partial charge in [0.05, 0.1) is 6.10 Å². The SMILES string of the molecule is C=C1C2CC2(O)C2(O)C(O)C12. The highest BCUT2D eigenvalue weighted by atomic mass is 16.4. The van der Waals surface area contributed by atoms with Gasteiger partial charge < -0.3 is 15.3 Å². The maximum atomic E-state index is 9.72. The van der Waals surface area contributed by atoms with Crippen molar-refractivity contribution in [1.82, 2.24) is 0 Å². The molecule has 0 aliphatic heterocycles. The molecule has 3 saturated carbocycles. The van der Waals surface area contributed by atoms with Crippen LogP contribution in [0.4, 0.5) is 0 Å². The normalized spacial score (nSPS) is 70.8. The Kier molecular flexibility index (Phi) is 0.662. The summed E-state index contributed by atoms with van der Waals surface area (Å²) in [5.74, 6) is -0.188. The Bertz CT molecular complexity index is 275. The Hall–Kier alpha value is -0.380. The zero-order valence-corrected chi connectivity index (χ0v) is 5.99. The van der Waals surface area contributed by atoms with E-state index in [9.17, 15) is 15.3 Å². The third-order valence-corrected chi connectivity index (χ3v) is 3.60. The van der Waals surface area contributed by atoms with E-state index >= 15 is 0 Å². The highest BCUT2D eigenvalue weighted by molar-refractivity contribution is 5.51. The van der Waals surface area contributed by atoms with Crippen LogP contribution in [0.15, 0.2) is 12.2 Å². The predicted molar refractivity (Wildman–Crippen MR) is 36.6 cm³/mol. The molecule has 3 aliphatic rings. The molecule has 5 unspecified atom stereocenters. The standard InChI is InChI=1S/C8H10O3/c1-3-4-2-7(4,10)8(11)5(3)6(8)9/h4-6,9-11H,1-2H2. The molecule has 0 spiro atoms. The summed E-state index contributed by atoms with van der Waals surface area (Å²) in [7, 11) is 0. The first-order valence-corrected chi connectivity index (χ1v) is 3.85. The highest BCUT2D eigenvalue weighted by Gasteiger charge is 2.88. The van der Waals surface area contributed by atoms with E-state index in [1.54, 1.807) is 0 Å². The van der Waals surface area contributed by atoms with Crippen molar-refractivity contribution in [1.29, 1.82) is 0 Å². The van der Waals surface area contributed by atoms with Gasteiger partial charge in [0.15, 0.2) is 0 Å². The summed E-state index contributed by atoms with van der Waals surface area (Å²) in [4.78, 5) is 0. The fraction of sp³-hybridized carbons (Fsp3) is 0.750. The van der Waals surface area contributed by atoms with E-state index in [1.807, 2.05) is 0 Å². The minimum Gasteiger partial charge on any atom is -0.389 e. The van der Waals surface area contributed by atoms with Crippen molar-refractivity contribution in [3.8, 4) is 0 Å². The summed E-state index contributed by atoms with van der Waals surface area (Å²) in [6.07, 6.45) is -0.186. The van der Waals surface area contributed by atoms with Crippen molar-refractivity contribution in [2.45, 2.75) is 23.7 Å². The summed E-state index contributed by atoms with van der Waals surface area (Å²) in [6.45, 7) is 3.76. The molecule has 5 atom stereocenters.